The van der Waals surface area contributed by atoms with Gasteiger partial charge in [-0.1, -0.05) is 18.9 Å². The maximum absolute atomic E-state index is 10.4. The minimum atomic E-state index is -0.441. The monoisotopic (exact) mass is 291 g/mol. The van der Waals surface area contributed by atoms with Gasteiger partial charge in [0.05, 0.1) is 12.2 Å². The van der Waals surface area contributed by atoms with Crippen LogP contribution in [-0.4, -0.2) is 42.4 Å². The lowest BCUT2D eigenvalue weighted by molar-refractivity contribution is 0.0155. The van der Waals surface area contributed by atoms with Gasteiger partial charge in [0.2, 0.25) is 0 Å². The van der Waals surface area contributed by atoms with Crippen LogP contribution in [0.5, 0.6) is 5.75 Å². The molecule has 0 aromatic heterocycles. The van der Waals surface area contributed by atoms with E-state index in [1.54, 1.807) is 0 Å². The van der Waals surface area contributed by atoms with Gasteiger partial charge >= 0.3 is 0 Å². The molecule has 1 aliphatic carbocycles. The van der Waals surface area contributed by atoms with Crippen LogP contribution in [0.3, 0.4) is 0 Å². The zero-order valence-corrected chi connectivity index (χ0v) is 13.7. The van der Waals surface area contributed by atoms with Crippen LogP contribution in [0.25, 0.3) is 0 Å². The minimum absolute atomic E-state index is 0.441. The molecule has 0 unspecified atom stereocenters. The van der Waals surface area contributed by atoms with Crippen LogP contribution in [0.4, 0.5) is 0 Å². The van der Waals surface area contributed by atoms with Crippen molar-refractivity contribution in [2.24, 2.45) is 0 Å². The second-order valence-corrected chi connectivity index (χ2v) is 6.69. The number of benzene rings is 1. The van der Waals surface area contributed by atoms with Gasteiger partial charge in [0.1, 0.15) is 5.75 Å². The van der Waals surface area contributed by atoms with Crippen molar-refractivity contribution in [3.63, 3.8) is 0 Å². The predicted octanol–water partition coefficient (Wildman–Crippen LogP) is 3.31. The summed E-state index contributed by atoms with van der Waals surface area (Å²) in [6.07, 6.45) is 5.23. The number of aliphatic hydroxyl groups is 1. The van der Waals surface area contributed by atoms with Gasteiger partial charge in [0.15, 0.2) is 0 Å². The molecule has 1 aliphatic rings. The molecule has 0 heterocycles. The summed E-state index contributed by atoms with van der Waals surface area (Å²) < 4.78 is 5.82. The molecule has 2 rings (SSSR count). The van der Waals surface area contributed by atoms with Gasteiger partial charge in [0, 0.05) is 13.1 Å². The van der Waals surface area contributed by atoms with Gasteiger partial charge in [-0.25, -0.2) is 0 Å². The predicted molar refractivity (Wildman–Crippen MR) is 86.9 cm³/mol. The van der Waals surface area contributed by atoms with E-state index in [1.807, 2.05) is 0 Å². The molecule has 0 spiro atoms. The molecule has 0 atom stereocenters. The summed E-state index contributed by atoms with van der Waals surface area (Å²) in [4.78, 5) is 2.23. The van der Waals surface area contributed by atoms with E-state index < -0.39 is 5.60 Å². The SMILES string of the molecule is Cc1cc(C)cc(OCCCN(C)CC2(O)CCCC2)c1. The van der Waals surface area contributed by atoms with E-state index in [0.29, 0.717) is 0 Å². The van der Waals surface area contributed by atoms with Crippen molar-refractivity contribution in [3.05, 3.63) is 29.3 Å². The summed E-state index contributed by atoms with van der Waals surface area (Å²) in [6, 6.07) is 6.32. The number of nitrogens with zero attached hydrogens (tertiary/aromatic N) is 1. The van der Waals surface area contributed by atoms with Gasteiger partial charge < -0.3 is 14.7 Å². The Labute approximate surface area is 128 Å². The average Bonchev–Trinajstić information content (AvgIpc) is 2.80. The van der Waals surface area contributed by atoms with Crippen molar-refractivity contribution in [3.8, 4) is 5.75 Å². The van der Waals surface area contributed by atoms with E-state index >= 15 is 0 Å². The number of aryl methyl sites for hydroxylation is 2. The Bertz CT molecular complexity index is 432. The maximum atomic E-state index is 10.4. The lowest BCUT2D eigenvalue weighted by Crippen LogP contribution is -2.39. The highest BCUT2D eigenvalue weighted by molar-refractivity contribution is 5.32. The number of likely N-dealkylation sites (N-methyl/N-ethyl adjacent to an activating group) is 1. The molecule has 3 heteroatoms. The molecule has 0 radical (unpaired) electrons. The van der Waals surface area contributed by atoms with Crippen molar-refractivity contribution >= 4 is 0 Å². The molecule has 118 valence electrons. The number of hydrogen-bond donors (Lipinski definition) is 1. The molecule has 1 saturated carbocycles. The zero-order valence-electron chi connectivity index (χ0n) is 13.7. The summed E-state index contributed by atoms with van der Waals surface area (Å²) in [6.45, 7) is 6.67. The zero-order chi connectivity index (χ0) is 15.3. The maximum Gasteiger partial charge on any atom is 0.119 e. The van der Waals surface area contributed by atoms with Crippen molar-refractivity contribution in [1.82, 2.24) is 4.90 Å². The fourth-order valence-corrected chi connectivity index (χ4v) is 3.31. The second-order valence-electron chi connectivity index (χ2n) is 6.69. The summed E-state index contributed by atoms with van der Waals surface area (Å²) in [5.74, 6) is 0.963. The Morgan fingerprint density at radius 2 is 1.76 bits per heavy atom. The minimum Gasteiger partial charge on any atom is -0.494 e. The van der Waals surface area contributed by atoms with Gasteiger partial charge in [0.25, 0.3) is 0 Å². The lowest BCUT2D eigenvalue weighted by Gasteiger charge is -2.28. The summed E-state index contributed by atoms with van der Waals surface area (Å²) >= 11 is 0. The van der Waals surface area contributed by atoms with Gasteiger partial charge in [-0.05, 0) is 63.4 Å². The van der Waals surface area contributed by atoms with Crippen molar-refractivity contribution in [2.75, 3.05) is 26.7 Å². The third-order valence-corrected chi connectivity index (χ3v) is 4.25. The number of ether oxygens (including phenoxy) is 1. The highest BCUT2D eigenvalue weighted by Gasteiger charge is 2.31. The fraction of sp³-hybridized carbons (Fsp3) is 0.667. The molecule has 21 heavy (non-hydrogen) atoms. The molecule has 0 bridgehead atoms. The highest BCUT2D eigenvalue weighted by Crippen LogP contribution is 2.29. The average molecular weight is 291 g/mol. The smallest absolute Gasteiger partial charge is 0.119 e. The van der Waals surface area contributed by atoms with Crippen LogP contribution in [0, 0.1) is 13.8 Å². The van der Waals surface area contributed by atoms with Crippen LogP contribution < -0.4 is 4.74 Å². The standard InChI is InChI=1S/C18H29NO2/c1-15-11-16(2)13-17(12-15)21-10-6-9-19(3)14-18(20)7-4-5-8-18/h11-13,20H,4-10,14H2,1-3H3. The van der Waals surface area contributed by atoms with Crippen molar-refractivity contribution in [2.45, 2.75) is 51.6 Å². The Morgan fingerprint density at radius 3 is 2.38 bits per heavy atom. The Balaban J connectivity index is 1.67. The van der Waals surface area contributed by atoms with Crippen LogP contribution in [-0.2, 0) is 0 Å². The first kappa shape index (κ1) is 16.3. The third-order valence-electron chi connectivity index (χ3n) is 4.25. The Morgan fingerprint density at radius 1 is 1.14 bits per heavy atom. The van der Waals surface area contributed by atoms with E-state index in [1.165, 1.54) is 24.0 Å². The topological polar surface area (TPSA) is 32.7 Å². The van der Waals surface area contributed by atoms with Crippen LogP contribution in [0.1, 0.15) is 43.2 Å². The first-order chi connectivity index (χ1) is 9.97. The van der Waals surface area contributed by atoms with Crippen molar-refractivity contribution in [1.29, 1.82) is 0 Å². The summed E-state index contributed by atoms with van der Waals surface area (Å²) in [5.41, 5.74) is 2.04. The molecule has 0 amide bonds. The Hall–Kier alpha value is -1.06. The molecule has 1 N–H and O–H groups in total. The highest BCUT2D eigenvalue weighted by atomic mass is 16.5. The van der Waals surface area contributed by atoms with E-state index in [0.717, 1.165) is 44.7 Å². The Kier molecular flexibility index (Phi) is 5.65. The van der Waals surface area contributed by atoms with E-state index in [-0.39, 0.29) is 0 Å². The van der Waals surface area contributed by atoms with Gasteiger partial charge in [-0.15, -0.1) is 0 Å². The van der Waals surface area contributed by atoms with Gasteiger partial charge in [-0.2, -0.15) is 0 Å². The van der Waals surface area contributed by atoms with Crippen molar-refractivity contribution < 1.29 is 9.84 Å². The molecule has 1 aromatic carbocycles. The molecule has 1 aromatic rings. The molecule has 0 saturated heterocycles. The van der Waals surface area contributed by atoms with E-state index in [4.69, 9.17) is 4.74 Å². The molecule has 0 aliphatic heterocycles. The molecular formula is C18H29NO2. The first-order valence-electron chi connectivity index (χ1n) is 8.09. The van der Waals surface area contributed by atoms with E-state index in [2.05, 4.69) is 44.0 Å². The molecular weight excluding hydrogens is 262 g/mol. The molecule has 1 fully saturated rings. The quantitative estimate of drug-likeness (QED) is 0.782. The molecule has 3 nitrogen and oxygen atoms in total. The number of hydrogen-bond acceptors (Lipinski definition) is 3. The van der Waals surface area contributed by atoms with Crippen LogP contribution >= 0.6 is 0 Å². The van der Waals surface area contributed by atoms with Gasteiger partial charge in [-0.3, -0.25) is 0 Å². The van der Waals surface area contributed by atoms with E-state index in [9.17, 15) is 5.11 Å². The summed E-state index contributed by atoms with van der Waals surface area (Å²) in [7, 11) is 2.09. The van der Waals surface area contributed by atoms with Crippen LogP contribution in [0.15, 0.2) is 18.2 Å². The normalized spacial score (nSPS) is 17.4. The second kappa shape index (κ2) is 7.28. The largest absolute Gasteiger partial charge is 0.494 e. The lowest BCUT2D eigenvalue weighted by atomic mass is 10.0. The fourth-order valence-electron chi connectivity index (χ4n) is 3.31. The first-order valence-corrected chi connectivity index (χ1v) is 8.09. The summed E-state index contributed by atoms with van der Waals surface area (Å²) in [5, 5.41) is 10.4. The third kappa shape index (κ3) is 5.33. The number of rotatable bonds is 7. The van der Waals surface area contributed by atoms with Crippen LogP contribution in [0.2, 0.25) is 0 Å².